The maximum atomic E-state index is 12.2. The van der Waals surface area contributed by atoms with E-state index in [0.717, 1.165) is 16.1 Å². The smallest absolute Gasteiger partial charge is 0.263 e. The average molecular weight is 247 g/mol. The maximum absolute atomic E-state index is 12.2. The molecule has 2 rings (SSSR count). The standard InChI is InChI=1S/C12H13N3OS/c1-3-8-7-9-11(17-8)14-10(4-2)15(6-5-13)12(9)16/h7H,3-4,6H2,1-2H3. The molecule has 0 N–H and O–H groups in total. The summed E-state index contributed by atoms with van der Waals surface area (Å²) in [6.07, 6.45) is 1.56. The summed E-state index contributed by atoms with van der Waals surface area (Å²) in [6, 6.07) is 3.90. The van der Waals surface area contributed by atoms with E-state index >= 15 is 0 Å². The minimum Gasteiger partial charge on any atom is -0.282 e. The summed E-state index contributed by atoms with van der Waals surface area (Å²) in [4.78, 5) is 18.6. The number of rotatable bonds is 3. The molecule has 0 unspecified atom stereocenters. The molecule has 0 bridgehead atoms. The van der Waals surface area contributed by atoms with Gasteiger partial charge in [-0.05, 0) is 12.5 Å². The van der Waals surface area contributed by atoms with Crippen LogP contribution in [0.3, 0.4) is 0 Å². The number of hydrogen-bond acceptors (Lipinski definition) is 4. The van der Waals surface area contributed by atoms with E-state index in [0.29, 0.717) is 17.6 Å². The van der Waals surface area contributed by atoms with Gasteiger partial charge in [0.1, 0.15) is 17.2 Å². The van der Waals surface area contributed by atoms with E-state index in [1.165, 1.54) is 4.57 Å². The van der Waals surface area contributed by atoms with Crippen molar-refractivity contribution >= 4 is 21.6 Å². The molecule has 0 atom stereocenters. The van der Waals surface area contributed by atoms with Crippen molar-refractivity contribution in [3.63, 3.8) is 0 Å². The van der Waals surface area contributed by atoms with Crippen LogP contribution in [-0.2, 0) is 19.4 Å². The van der Waals surface area contributed by atoms with Crippen LogP contribution < -0.4 is 5.56 Å². The molecule has 88 valence electrons. The topological polar surface area (TPSA) is 58.7 Å². The van der Waals surface area contributed by atoms with Crippen molar-refractivity contribution in [2.75, 3.05) is 0 Å². The van der Waals surface area contributed by atoms with Gasteiger partial charge in [-0.15, -0.1) is 11.3 Å². The molecule has 0 amide bonds. The average Bonchev–Trinajstić information content (AvgIpc) is 2.76. The molecule has 0 spiro atoms. The number of hydrogen-bond donors (Lipinski definition) is 0. The highest BCUT2D eigenvalue weighted by Gasteiger charge is 2.12. The number of nitriles is 1. The van der Waals surface area contributed by atoms with Crippen LogP contribution >= 0.6 is 11.3 Å². The lowest BCUT2D eigenvalue weighted by atomic mass is 10.3. The first-order valence-corrected chi connectivity index (χ1v) is 6.42. The van der Waals surface area contributed by atoms with Gasteiger partial charge >= 0.3 is 0 Å². The Bertz CT molecular complexity index is 648. The quantitative estimate of drug-likeness (QED) is 0.834. The largest absolute Gasteiger partial charge is 0.282 e. The summed E-state index contributed by atoms with van der Waals surface area (Å²) in [6.45, 7) is 4.07. The van der Waals surface area contributed by atoms with Crippen LogP contribution in [0.4, 0.5) is 0 Å². The van der Waals surface area contributed by atoms with Gasteiger partial charge in [0.15, 0.2) is 0 Å². The van der Waals surface area contributed by atoms with Crippen molar-refractivity contribution in [1.29, 1.82) is 5.26 Å². The van der Waals surface area contributed by atoms with Crippen LogP contribution in [0.15, 0.2) is 10.9 Å². The Morgan fingerprint density at radius 2 is 2.24 bits per heavy atom. The van der Waals surface area contributed by atoms with Gasteiger partial charge in [-0.25, -0.2) is 4.98 Å². The molecule has 0 radical (unpaired) electrons. The third-order valence-corrected chi connectivity index (χ3v) is 3.85. The van der Waals surface area contributed by atoms with Gasteiger partial charge in [-0.3, -0.25) is 9.36 Å². The van der Waals surface area contributed by atoms with E-state index in [1.54, 1.807) is 11.3 Å². The zero-order valence-corrected chi connectivity index (χ0v) is 10.7. The molecule has 0 aliphatic heterocycles. The van der Waals surface area contributed by atoms with Crippen LogP contribution in [0.5, 0.6) is 0 Å². The van der Waals surface area contributed by atoms with Crippen LogP contribution in [0.2, 0.25) is 0 Å². The Hall–Kier alpha value is -1.67. The minimum absolute atomic E-state index is 0.0717. The second kappa shape index (κ2) is 4.68. The fraction of sp³-hybridized carbons (Fsp3) is 0.417. The number of fused-ring (bicyclic) bond motifs is 1. The fourth-order valence-electron chi connectivity index (χ4n) is 1.79. The molecule has 17 heavy (non-hydrogen) atoms. The highest BCUT2D eigenvalue weighted by molar-refractivity contribution is 7.18. The predicted molar refractivity (Wildman–Crippen MR) is 68.2 cm³/mol. The van der Waals surface area contributed by atoms with Crippen molar-refractivity contribution in [2.24, 2.45) is 0 Å². The molecule has 0 aliphatic carbocycles. The zero-order valence-electron chi connectivity index (χ0n) is 9.86. The molecule has 2 aromatic heterocycles. The molecule has 0 saturated heterocycles. The Balaban J connectivity index is 2.77. The second-order valence-corrected chi connectivity index (χ2v) is 4.83. The van der Waals surface area contributed by atoms with E-state index in [4.69, 9.17) is 5.26 Å². The lowest BCUT2D eigenvalue weighted by Crippen LogP contribution is -2.24. The first-order chi connectivity index (χ1) is 8.21. The van der Waals surface area contributed by atoms with Crippen molar-refractivity contribution in [3.05, 3.63) is 27.1 Å². The SMILES string of the molecule is CCc1cc2c(=O)n(CC#N)c(CC)nc2s1. The minimum atomic E-state index is -0.0932. The number of aromatic nitrogens is 2. The third kappa shape index (κ3) is 1.96. The second-order valence-electron chi connectivity index (χ2n) is 3.72. The van der Waals surface area contributed by atoms with E-state index in [9.17, 15) is 4.79 Å². The van der Waals surface area contributed by atoms with E-state index in [-0.39, 0.29) is 12.1 Å². The summed E-state index contributed by atoms with van der Waals surface area (Å²) in [7, 11) is 0. The van der Waals surface area contributed by atoms with Crippen molar-refractivity contribution < 1.29 is 0 Å². The zero-order chi connectivity index (χ0) is 12.4. The van der Waals surface area contributed by atoms with Crippen LogP contribution in [0.25, 0.3) is 10.2 Å². The summed E-state index contributed by atoms with van der Waals surface area (Å²) < 4.78 is 1.47. The molecular formula is C12H13N3OS. The third-order valence-electron chi connectivity index (χ3n) is 2.67. The molecule has 0 fully saturated rings. The van der Waals surface area contributed by atoms with E-state index in [1.807, 2.05) is 19.1 Å². The summed E-state index contributed by atoms with van der Waals surface area (Å²) >= 11 is 1.56. The molecule has 2 aromatic rings. The first kappa shape index (κ1) is 11.8. The monoisotopic (exact) mass is 247 g/mol. The lowest BCUT2D eigenvalue weighted by Gasteiger charge is -2.06. The summed E-state index contributed by atoms with van der Waals surface area (Å²) in [5, 5.41) is 9.39. The van der Waals surface area contributed by atoms with E-state index < -0.39 is 0 Å². The Morgan fingerprint density at radius 3 is 2.82 bits per heavy atom. The van der Waals surface area contributed by atoms with Gasteiger partial charge in [0.2, 0.25) is 0 Å². The highest BCUT2D eigenvalue weighted by Crippen LogP contribution is 2.22. The van der Waals surface area contributed by atoms with Gasteiger partial charge < -0.3 is 0 Å². The normalized spacial score (nSPS) is 10.6. The van der Waals surface area contributed by atoms with Crippen LogP contribution in [0.1, 0.15) is 24.5 Å². The van der Waals surface area contributed by atoms with Crippen LogP contribution in [-0.4, -0.2) is 9.55 Å². The Kier molecular flexibility index (Phi) is 3.25. The summed E-state index contributed by atoms with van der Waals surface area (Å²) in [5.41, 5.74) is -0.0932. The van der Waals surface area contributed by atoms with Gasteiger partial charge in [-0.1, -0.05) is 13.8 Å². The van der Waals surface area contributed by atoms with Gasteiger partial charge in [-0.2, -0.15) is 5.26 Å². The highest BCUT2D eigenvalue weighted by atomic mass is 32.1. The number of nitrogens with zero attached hydrogens (tertiary/aromatic N) is 3. The Labute approximate surface area is 103 Å². The number of aryl methyl sites for hydroxylation is 2. The van der Waals surface area contributed by atoms with Crippen molar-refractivity contribution in [2.45, 2.75) is 33.2 Å². The fourth-order valence-corrected chi connectivity index (χ4v) is 2.76. The predicted octanol–water partition coefficient (Wildman–Crippen LogP) is 2.11. The van der Waals surface area contributed by atoms with Crippen LogP contribution in [0, 0.1) is 11.3 Å². The molecule has 0 aromatic carbocycles. The lowest BCUT2D eigenvalue weighted by molar-refractivity contribution is 0.707. The summed E-state index contributed by atoms with van der Waals surface area (Å²) in [5.74, 6) is 0.688. The van der Waals surface area contributed by atoms with Crippen molar-refractivity contribution in [3.8, 4) is 6.07 Å². The maximum Gasteiger partial charge on any atom is 0.263 e. The molecule has 0 saturated carbocycles. The number of thiophene rings is 1. The molecule has 2 heterocycles. The van der Waals surface area contributed by atoms with E-state index in [2.05, 4.69) is 11.9 Å². The Morgan fingerprint density at radius 1 is 1.47 bits per heavy atom. The molecule has 5 heteroatoms. The van der Waals surface area contributed by atoms with Crippen molar-refractivity contribution in [1.82, 2.24) is 9.55 Å². The van der Waals surface area contributed by atoms with Gasteiger partial charge in [0.05, 0.1) is 11.5 Å². The molecule has 4 nitrogen and oxygen atoms in total. The van der Waals surface area contributed by atoms with Gasteiger partial charge in [0.25, 0.3) is 5.56 Å². The molecule has 0 aliphatic rings. The van der Waals surface area contributed by atoms with Gasteiger partial charge in [0, 0.05) is 11.3 Å². The first-order valence-electron chi connectivity index (χ1n) is 5.60. The molecular weight excluding hydrogens is 234 g/mol.